The molecule has 3 rings (SSSR count). The van der Waals surface area contributed by atoms with Crippen LogP contribution in [0.2, 0.25) is 0 Å². The van der Waals surface area contributed by atoms with E-state index in [9.17, 15) is 13.5 Å². The maximum absolute atomic E-state index is 12.5. The zero-order valence-corrected chi connectivity index (χ0v) is 17.3. The van der Waals surface area contributed by atoms with Crippen LogP contribution in [0.4, 0.5) is 0 Å². The predicted molar refractivity (Wildman–Crippen MR) is 114 cm³/mol. The molecule has 3 aromatic carbocycles. The highest BCUT2D eigenvalue weighted by Gasteiger charge is 2.30. The molecule has 146 valence electrons. The number of benzene rings is 3. The number of sulfone groups is 1. The first-order chi connectivity index (χ1) is 13.2. The van der Waals surface area contributed by atoms with Gasteiger partial charge in [0.25, 0.3) is 0 Å². The van der Waals surface area contributed by atoms with Gasteiger partial charge in [-0.2, -0.15) is 0 Å². The number of hydrogen-bond donors (Lipinski definition) is 1. The molecule has 3 aromatic rings. The van der Waals surface area contributed by atoms with Gasteiger partial charge >= 0.3 is 0 Å². The molecule has 0 atom stereocenters. The Morgan fingerprint density at radius 3 is 1.50 bits per heavy atom. The molecule has 0 spiro atoms. The molecule has 0 amide bonds. The van der Waals surface area contributed by atoms with Gasteiger partial charge in [-0.15, -0.1) is 0 Å². The van der Waals surface area contributed by atoms with Crippen LogP contribution in [-0.2, 0) is 22.7 Å². The average molecular weight is 395 g/mol. The van der Waals surface area contributed by atoms with Crippen LogP contribution >= 0.6 is 0 Å². The molecule has 0 bridgehead atoms. The Bertz CT molecular complexity index is 1030. The maximum Gasteiger partial charge on any atom is 0.183 e. The molecule has 28 heavy (non-hydrogen) atoms. The molecule has 0 fully saturated rings. The number of phenolic OH excluding ortho intramolecular Hbond substituents is 1. The van der Waals surface area contributed by atoms with E-state index in [0.717, 1.165) is 24.0 Å². The van der Waals surface area contributed by atoms with Gasteiger partial charge in [0.1, 0.15) is 5.75 Å². The Labute approximate surface area is 167 Å². The summed E-state index contributed by atoms with van der Waals surface area (Å²) in [5.74, 6) is 0.287. The maximum atomic E-state index is 12.5. The normalized spacial score (nSPS) is 12.1. The van der Waals surface area contributed by atoms with E-state index < -0.39 is 14.6 Å². The summed E-state index contributed by atoms with van der Waals surface area (Å²) < 4.78 is 24.3. The Kier molecular flexibility index (Phi) is 5.61. The summed E-state index contributed by atoms with van der Waals surface area (Å²) >= 11 is 0. The van der Waals surface area contributed by atoms with Crippen molar-refractivity contribution in [1.82, 2.24) is 0 Å². The lowest BCUT2D eigenvalue weighted by atomic mass is 10.0. The fourth-order valence-corrected chi connectivity index (χ4v) is 4.20. The van der Waals surface area contributed by atoms with E-state index in [1.807, 2.05) is 24.3 Å². The Morgan fingerprint density at radius 1 is 0.679 bits per heavy atom. The SMILES string of the molecule is CC(C)(C)S(=O)(=O)c1ccc(-c2ccc(CCc3ccc(O)cc3)cc2)cc1. The van der Waals surface area contributed by atoms with Crippen molar-refractivity contribution in [2.24, 2.45) is 0 Å². The lowest BCUT2D eigenvalue weighted by molar-refractivity contribution is 0.475. The Balaban J connectivity index is 1.70. The largest absolute Gasteiger partial charge is 0.508 e. The van der Waals surface area contributed by atoms with Crippen LogP contribution in [0, 0.1) is 0 Å². The van der Waals surface area contributed by atoms with Gasteiger partial charge in [-0.1, -0.05) is 48.5 Å². The van der Waals surface area contributed by atoms with E-state index in [-0.39, 0.29) is 5.75 Å². The van der Waals surface area contributed by atoms with E-state index in [2.05, 4.69) is 24.3 Å². The minimum atomic E-state index is -3.33. The molecule has 0 radical (unpaired) electrons. The summed E-state index contributed by atoms with van der Waals surface area (Å²) in [6, 6.07) is 22.8. The molecular formula is C24H26O3S. The second-order valence-electron chi connectivity index (χ2n) is 8.00. The summed E-state index contributed by atoms with van der Waals surface area (Å²) in [4.78, 5) is 0.356. The number of hydrogen-bond acceptors (Lipinski definition) is 3. The predicted octanol–water partition coefficient (Wildman–Crippen LogP) is 5.42. The number of aryl methyl sites for hydroxylation is 2. The number of phenols is 1. The number of rotatable bonds is 5. The first kappa shape index (κ1) is 20.2. The zero-order valence-electron chi connectivity index (χ0n) is 16.5. The highest BCUT2D eigenvalue weighted by Crippen LogP contribution is 2.27. The van der Waals surface area contributed by atoms with Crippen LogP contribution in [0.1, 0.15) is 31.9 Å². The van der Waals surface area contributed by atoms with Crippen molar-refractivity contribution in [1.29, 1.82) is 0 Å². The van der Waals surface area contributed by atoms with Gasteiger partial charge < -0.3 is 5.11 Å². The molecule has 0 aliphatic rings. The van der Waals surface area contributed by atoms with E-state index in [4.69, 9.17) is 0 Å². The van der Waals surface area contributed by atoms with Crippen LogP contribution in [0.25, 0.3) is 11.1 Å². The molecule has 0 saturated carbocycles. The quantitative estimate of drug-likeness (QED) is 0.629. The topological polar surface area (TPSA) is 54.4 Å². The molecule has 0 aliphatic heterocycles. The van der Waals surface area contributed by atoms with Crippen molar-refractivity contribution in [2.75, 3.05) is 0 Å². The summed E-state index contributed by atoms with van der Waals surface area (Å²) in [6.45, 7) is 5.15. The van der Waals surface area contributed by atoms with Gasteiger partial charge in [-0.05, 0) is 80.1 Å². The first-order valence-corrected chi connectivity index (χ1v) is 10.9. The smallest absolute Gasteiger partial charge is 0.183 e. The summed E-state index contributed by atoms with van der Waals surface area (Å²) in [7, 11) is -3.33. The minimum absolute atomic E-state index is 0.287. The van der Waals surface area contributed by atoms with Crippen molar-refractivity contribution in [3.63, 3.8) is 0 Å². The van der Waals surface area contributed by atoms with Crippen LogP contribution < -0.4 is 0 Å². The van der Waals surface area contributed by atoms with E-state index >= 15 is 0 Å². The summed E-state index contributed by atoms with van der Waals surface area (Å²) in [5.41, 5.74) is 4.49. The van der Waals surface area contributed by atoms with Gasteiger partial charge in [0.15, 0.2) is 9.84 Å². The third-order valence-electron chi connectivity index (χ3n) is 4.90. The summed E-state index contributed by atoms with van der Waals surface area (Å²) in [5, 5.41) is 9.35. The fraction of sp³-hybridized carbons (Fsp3) is 0.250. The molecule has 0 unspecified atom stereocenters. The lowest BCUT2D eigenvalue weighted by Gasteiger charge is -2.19. The van der Waals surface area contributed by atoms with Gasteiger partial charge in [0, 0.05) is 0 Å². The van der Waals surface area contributed by atoms with Gasteiger partial charge in [0.2, 0.25) is 0 Å². The highest BCUT2D eigenvalue weighted by atomic mass is 32.2. The first-order valence-electron chi connectivity index (χ1n) is 9.39. The average Bonchev–Trinajstić information content (AvgIpc) is 2.67. The molecule has 0 heterocycles. The van der Waals surface area contributed by atoms with Gasteiger partial charge in [-0.25, -0.2) is 8.42 Å². The van der Waals surface area contributed by atoms with Crippen molar-refractivity contribution in [3.05, 3.63) is 83.9 Å². The van der Waals surface area contributed by atoms with Crippen molar-refractivity contribution >= 4 is 9.84 Å². The van der Waals surface area contributed by atoms with Crippen LogP contribution in [0.15, 0.2) is 77.7 Å². The molecule has 0 aromatic heterocycles. The third kappa shape index (κ3) is 4.45. The molecular weight excluding hydrogens is 368 g/mol. The Morgan fingerprint density at radius 2 is 1.07 bits per heavy atom. The minimum Gasteiger partial charge on any atom is -0.508 e. The number of aromatic hydroxyl groups is 1. The molecule has 3 nitrogen and oxygen atoms in total. The lowest BCUT2D eigenvalue weighted by Crippen LogP contribution is -2.27. The van der Waals surface area contributed by atoms with Crippen LogP contribution in [0.3, 0.4) is 0 Å². The second-order valence-corrected chi connectivity index (χ2v) is 10.7. The van der Waals surface area contributed by atoms with Crippen molar-refractivity contribution in [3.8, 4) is 16.9 Å². The summed E-state index contributed by atoms with van der Waals surface area (Å²) in [6.07, 6.45) is 1.84. The van der Waals surface area contributed by atoms with E-state index in [0.29, 0.717) is 4.90 Å². The third-order valence-corrected chi connectivity index (χ3v) is 7.40. The molecule has 0 saturated heterocycles. The standard InChI is InChI=1S/C24H26O3S/c1-24(2,3)28(26,27)23-16-12-21(13-17-23)20-10-6-18(7-11-20)4-5-19-8-14-22(25)15-9-19/h6-17,25H,4-5H2,1-3H3. The van der Waals surface area contributed by atoms with Crippen molar-refractivity contribution < 1.29 is 13.5 Å². The van der Waals surface area contributed by atoms with Crippen molar-refractivity contribution in [2.45, 2.75) is 43.3 Å². The van der Waals surface area contributed by atoms with E-state index in [1.165, 1.54) is 11.1 Å². The van der Waals surface area contributed by atoms with Crippen LogP contribution in [-0.4, -0.2) is 18.3 Å². The van der Waals surface area contributed by atoms with E-state index in [1.54, 1.807) is 45.0 Å². The highest BCUT2D eigenvalue weighted by molar-refractivity contribution is 7.92. The second kappa shape index (κ2) is 7.80. The molecule has 0 aliphatic carbocycles. The fourth-order valence-electron chi connectivity index (χ4n) is 3.00. The monoisotopic (exact) mass is 394 g/mol. The molecule has 1 N–H and O–H groups in total. The van der Waals surface area contributed by atoms with Gasteiger partial charge in [0.05, 0.1) is 9.64 Å². The zero-order chi connectivity index (χ0) is 20.4. The molecule has 4 heteroatoms. The Hall–Kier alpha value is -2.59. The van der Waals surface area contributed by atoms with Gasteiger partial charge in [-0.3, -0.25) is 0 Å². The van der Waals surface area contributed by atoms with Crippen LogP contribution in [0.5, 0.6) is 5.75 Å².